The first-order valence-electron chi connectivity index (χ1n) is 4.33. The lowest BCUT2D eigenvalue weighted by atomic mass is 10.4. The van der Waals surface area contributed by atoms with Crippen molar-refractivity contribution in [3.63, 3.8) is 0 Å². The molecule has 3 rings (SSSR count). The van der Waals surface area contributed by atoms with Crippen LogP contribution >= 0.6 is 15.9 Å². The summed E-state index contributed by atoms with van der Waals surface area (Å²) in [5.41, 5.74) is 1.01. The van der Waals surface area contributed by atoms with E-state index >= 15 is 0 Å². The van der Waals surface area contributed by atoms with Crippen molar-refractivity contribution in [1.82, 2.24) is 14.8 Å². The molecule has 1 fully saturated rings. The molecule has 0 saturated heterocycles. The molecule has 13 heavy (non-hydrogen) atoms. The number of rotatable bonds is 1. The molecular weight excluding hydrogens is 230 g/mol. The van der Waals surface area contributed by atoms with Crippen molar-refractivity contribution in [3.8, 4) is 0 Å². The van der Waals surface area contributed by atoms with Crippen molar-refractivity contribution >= 4 is 27.0 Å². The minimum absolute atomic E-state index is 0.603. The molecular formula is C9H8BrN3. The maximum absolute atomic E-state index is 4.36. The van der Waals surface area contributed by atoms with Crippen LogP contribution in [0.3, 0.4) is 0 Å². The van der Waals surface area contributed by atoms with Crippen LogP contribution in [0, 0.1) is 0 Å². The van der Waals surface area contributed by atoms with E-state index in [1.54, 1.807) is 0 Å². The second kappa shape index (κ2) is 2.54. The van der Waals surface area contributed by atoms with Gasteiger partial charge in [0.05, 0.1) is 12.2 Å². The Hall–Kier alpha value is -0.900. The van der Waals surface area contributed by atoms with Gasteiger partial charge < -0.3 is 0 Å². The summed E-state index contributed by atoms with van der Waals surface area (Å²) in [5, 5.41) is 5.44. The van der Waals surface area contributed by atoms with Crippen molar-refractivity contribution in [2.45, 2.75) is 18.9 Å². The Kier molecular flexibility index (Phi) is 1.47. The van der Waals surface area contributed by atoms with Crippen LogP contribution < -0.4 is 0 Å². The van der Waals surface area contributed by atoms with Gasteiger partial charge in [0.1, 0.15) is 0 Å². The first-order chi connectivity index (χ1) is 6.34. The van der Waals surface area contributed by atoms with Gasteiger partial charge in [-0.15, -0.1) is 0 Å². The van der Waals surface area contributed by atoms with Crippen LogP contribution in [0.25, 0.3) is 11.0 Å². The molecule has 0 atom stereocenters. The second-order valence-corrected chi connectivity index (χ2v) is 4.30. The van der Waals surface area contributed by atoms with Gasteiger partial charge in [-0.25, -0.2) is 9.67 Å². The Balaban J connectivity index is 2.26. The summed E-state index contributed by atoms with van der Waals surface area (Å²) in [4.78, 5) is 4.36. The number of nitrogens with zero attached hydrogens (tertiary/aromatic N) is 3. The lowest BCUT2D eigenvalue weighted by molar-refractivity contribution is 0.658. The zero-order valence-electron chi connectivity index (χ0n) is 6.94. The molecule has 0 amide bonds. The molecule has 0 aromatic carbocycles. The maximum Gasteiger partial charge on any atom is 0.158 e. The first-order valence-corrected chi connectivity index (χ1v) is 5.12. The summed E-state index contributed by atoms with van der Waals surface area (Å²) in [6.45, 7) is 0. The fourth-order valence-corrected chi connectivity index (χ4v) is 1.85. The smallest absolute Gasteiger partial charge is 0.158 e. The minimum Gasteiger partial charge on any atom is -0.244 e. The van der Waals surface area contributed by atoms with Crippen LogP contribution in [0.4, 0.5) is 0 Å². The number of hydrogen-bond donors (Lipinski definition) is 0. The molecule has 2 aromatic rings. The Morgan fingerprint density at radius 1 is 1.38 bits per heavy atom. The molecule has 2 heterocycles. The summed E-state index contributed by atoms with van der Waals surface area (Å²) >= 11 is 3.39. The fraction of sp³-hybridized carbons (Fsp3) is 0.333. The van der Waals surface area contributed by atoms with Crippen molar-refractivity contribution in [2.75, 3.05) is 0 Å². The molecule has 2 aromatic heterocycles. The van der Waals surface area contributed by atoms with Crippen molar-refractivity contribution in [1.29, 1.82) is 0 Å². The topological polar surface area (TPSA) is 30.7 Å². The molecule has 66 valence electrons. The predicted molar refractivity (Wildman–Crippen MR) is 53.5 cm³/mol. The number of aromatic nitrogens is 3. The molecule has 1 aliphatic rings. The number of fused-ring (bicyclic) bond motifs is 1. The van der Waals surface area contributed by atoms with Crippen LogP contribution in [0.2, 0.25) is 0 Å². The van der Waals surface area contributed by atoms with Gasteiger partial charge in [0, 0.05) is 16.1 Å². The fourth-order valence-electron chi connectivity index (χ4n) is 1.50. The maximum atomic E-state index is 4.36. The average molecular weight is 238 g/mol. The molecule has 4 heteroatoms. The van der Waals surface area contributed by atoms with Gasteiger partial charge in [-0.2, -0.15) is 5.10 Å². The van der Waals surface area contributed by atoms with Crippen LogP contribution in [0.1, 0.15) is 18.9 Å². The normalized spacial score (nSPS) is 16.7. The molecule has 0 spiro atoms. The van der Waals surface area contributed by atoms with Crippen molar-refractivity contribution in [3.05, 3.63) is 22.9 Å². The van der Waals surface area contributed by atoms with Gasteiger partial charge in [-0.3, -0.25) is 0 Å². The zero-order valence-corrected chi connectivity index (χ0v) is 8.53. The number of pyridine rings is 1. The molecule has 3 nitrogen and oxygen atoms in total. The van der Waals surface area contributed by atoms with E-state index in [4.69, 9.17) is 0 Å². The van der Waals surface area contributed by atoms with Crippen LogP contribution in [0.15, 0.2) is 22.9 Å². The lowest BCUT2D eigenvalue weighted by Crippen LogP contribution is -1.96. The summed E-state index contributed by atoms with van der Waals surface area (Å²) in [6, 6.07) is 2.65. The van der Waals surface area contributed by atoms with E-state index in [1.807, 2.05) is 23.1 Å². The molecule has 0 N–H and O–H groups in total. The Morgan fingerprint density at radius 2 is 2.23 bits per heavy atom. The number of hydrogen-bond acceptors (Lipinski definition) is 2. The minimum atomic E-state index is 0.603. The van der Waals surface area contributed by atoms with Gasteiger partial charge in [0.2, 0.25) is 0 Å². The van der Waals surface area contributed by atoms with Crippen LogP contribution in [0.5, 0.6) is 0 Å². The van der Waals surface area contributed by atoms with Crippen LogP contribution in [-0.4, -0.2) is 14.8 Å². The Morgan fingerprint density at radius 3 is 3.00 bits per heavy atom. The van der Waals surface area contributed by atoms with Gasteiger partial charge in [-0.05, 0) is 34.8 Å². The predicted octanol–water partition coefficient (Wildman–Crippen LogP) is 2.53. The van der Waals surface area contributed by atoms with E-state index in [-0.39, 0.29) is 0 Å². The standard InChI is InChI=1S/C9H8BrN3/c10-7-3-6-4-12-13(8-1-2-8)9(6)11-5-7/h3-5,8H,1-2H2. The molecule has 0 radical (unpaired) electrons. The molecule has 1 saturated carbocycles. The van der Waals surface area contributed by atoms with Crippen molar-refractivity contribution < 1.29 is 0 Å². The lowest BCUT2D eigenvalue weighted by Gasteiger charge is -1.98. The summed E-state index contributed by atoms with van der Waals surface area (Å²) in [6.07, 6.45) is 6.19. The van der Waals surface area contributed by atoms with Gasteiger partial charge in [0.25, 0.3) is 0 Å². The van der Waals surface area contributed by atoms with Gasteiger partial charge >= 0.3 is 0 Å². The highest BCUT2D eigenvalue weighted by molar-refractivity contribution is 9.10. The summed E-state index contributed by atoms with van der Waals surface area (Å²) < 4.78 is 3.04. The van der Waals surface area contributed by atoms with Crippen molar-refractivity contribution in [2.24, 2.45) is 0 Å². The van der Waals surface area contributed by atoms with E-state index in [0.29, 0.717) is 6.04 Å². The average Bonchev–Trinajstić information content (AvgIpc) is 2.87. The highest BCUT2D eigenvalue weighted by Crippen LogP contribution is 2.36. The SMILES string of the molecule is Brc1cnc2c(cnn2C2CC2)c1. The third kappa shape index (κ3) is 1.16. The third-order valence-corrected chi connectivity index (χ3v) is 2.73. The largest absolute Gasteiger partial charge is 0.244 e. The van der Waals surface area contributed by atoms with Gasteiger partial charge in [-0.1, -0.05) is 0 Å². The van der Waals surface area contributed by atoms with Crippen LogP contribution in [-0.2, 0) is 0 Å². The number of halogens is 1. The molecule has 0 unspecified atom stereocenters. The van der Waals surface area contributed by atoms with E-state index in [0.717, 1.165) is 15.5 Å². The van der Waals surface area contributed by atoms with Gasteiger partial charge in [0.15, 0.2) is 5.65 Å². The summed E-state index contributed by atoms with van der Waals surface area (Å²) in [5.74, 6) is 0. The van der Waals surface area contributed by atoms with E-state index in [2.05, 4.69) is 26.0 Å². The highest BCUT2D eigenvalue weighted by Gasteiger charge is 2.26. The molecule has 1 aliphatic carbocycles. The highest BCUT2D eigenvalue weighted by atomic mass is 79.9. The molecule has 0 aliphatic heterocycles. The van der Waals surface area contributed by atoms with E-state index in [1.165, 1.54) is 12.8 Å². The van der Waals surface area contributed by atoms with E-state index in [9.17, 15) is 0 Å². The Bertz CT molecular complexity index is 459. The quantitative estimate of drug-likeness (QED) is 0.764. The van der Waals surface area contributed by atoms with E-state index < -0.39 is 0 Å². The first kappa shape index (κ1) is 7.50. The Labute approximate surface area is 83.9 Å². The zero-order chi connectivity index (χ0) is 8.84. The second-order valence-electron chi connectivity index (χ2n) is 3.39. The monoisotopic (exact) mass is 237 g/mol. The third-order valence-electron chi connectivity index (χ3n) is 2.29. The molecule has 0 bridgehead atoms. The summed E-state index contributed by atoms with van der Waals surface area (Å²) in [7, 11) is 0.